The molecule has 2 saturated carbocycles. The molecule has 27 heavy (non-hydrogen) atoms. The quantitative estimate of drug-likeness (QED) is 0.356. The van der Waals surface area contributed by atoms with E-state index in [4.69, 9.17) is 4.74 Å². The van der Waals surface area contributed by atoms with E-state index < -0.39 is 0 Å². The lowest BCUT2D eigenvalue weighted by atomic mass is 9.54. The first kappa shape index (κ1) is 20.2. The summed E-state index contributed by atoms with van der Waals surface area (Å²) in [6.07, 6.45) is 13.8. The van der Waals surface area contributed by atoms with Crippen molar-refractivity contribution < 1.29 is 4.74 Å². The predicted octanol–water partition coefficient (Wildman–Crippen LogP) is 3.13. The second kappa shape index (κ2) is 7.98. The summed E-state index contributed by atoms with van der Waals surface area (Å²) in [7, 11) is 4.27. The van der Waals surface area contributed by atoms with Gasteiger partial charge in [-0.1, -0.05) is 19.3 Å². The lowest BCUT2D eigenvalue weighted by Crippen LogP contribution is -2.70. The summed E-state index contributed by atoms with van der Waals surface area (Å²) in [6, 6.07) is 2.66. The second-order valence-electron chi connectivity index (χ2n) is 9.60. The van der Waals surface area contributed by atoms with Gasteiger partial charge in [-0.3, -0.25) is 4.99 Å². The van der Waals surface area contributed by atoms with E-state index in [1.165, 1.54) is 64.2 Å². The number of nitrogens with zero attached hydrogens (tertiary/aromatic N) is 2. The SMILES string of the molecule is CN=C(NC1CC2CCCC(C1)N2C)NC1C2CCOC2C12CCCC2.I. The molecule has 5 nitrogen and oxygen atoms in total. The van der Waals surface area contributed by atoms with Crippen LogP contribution in [0.4, 0.5) is 0 Å². The molecule has 3 aliphatic heterocycles. The summed E-state index contributed by atoms with van der Waals surface area (Å²) in [5, 5.41) is 7.69. The van der Waals surface area contributed by atoms with E-state index >= 15 is 0 Å². The number of rotatable bonds is 2. The van der Waals surface area contributed by atoms with Crippen LogP contribution in [0.25, 0.3) is 0 Å². The van der Waals surface area contributed by atoms with Crippen molar-refractivity contribution in [2.75, 3.05) is 20.7 Å². The Hall–Kier alpha value is -0.0800. The minimum absolute atomic E-state index is 0. The molecule has 2 aliphatic carbocycles. The van der Waals surface area contributed by atoms with Gasteiger partial charge in [-0.2, -0.15) is 0 Å². The number of nitrogens with one attached hydrogen (secondary N) is 2. The summed E-state index contributed by atoms with van der Waals surface area (Å²) >= 11 is 0. The van der Waals surface area contributed by atoms with Crippen molar-refractivity contribution in [3.63, 3.8) is 0 Å². The minimum Gasteiger partial charge on any atom is -0.377 e. The molecular weight excluding hydrogens is 451 g/mol. The van der Waals surface area contributed by atoms with Crippen LogP contribution in [0, 0.1) is 11.3 Å². The van der Waals surface area contributed by atoms with Crippen molar-refractivity contribution in [1.82, 2.24) is 15.5 Å². The van der Waals surface area contributed by atoms with Gasteiger partial charge in [0.15, 0.2) is 5.96 Å². The molecule has 0 aromatic rings. The molecule has 2 bridgehead atoms. The molecular formula is C21H37IN4O. The number of piperidine rings is 2. The Bertz CT molecular complexity index is 550. The normalized spacial score (nSPS) is 43.0. The zero-order chi connectivity index (χ0) is 17.7. The average molecular weight is 488 g/mol. The fourth-order valence-electron chi connectivity index (χ4n) is 7.15. The molecule has 0 aromatic carbocycles. The molecule has 1 spiro atoms. The van der Waals surface area contributed by atoms with E-state index in [9.17, 15) is 0 Å². The van der Waals surface area contributed by atoms with Crippen LogP contribution in [-0.4, -0.2) is 61.8 Å². The number of aliphatic imine (C=N–C) groups is 1. The first-order chi connectivity index (χ1) is 12.7. The highest BCUT2D eigenvalue weighted by Crippen LogP contribution is 2.60. The number of fused-ring (bicyclic) bond motifs is 4. The van der Waals surface area contributed by atoms with Crippen LogP contribution in [0.1, 0.15) is 64.2 Å². The Morgan fingerprint density at radius 3 is 2.41 bits per heavy atom. The second-order valence-corrected chi connectivity index (χ2v) is 9.60. The van der Waals surface area contributed by atoms with Gasteiger partial charge in [0.2, 0.25) is 0 Å². The molecule has 2 N–H and O–H groups in total. The van der Waals surface area contributed by atoms with E-state index in [2.05, 4.69) is 27.6 Å². The van der Waals surface area contributed by atoms with E-state index in [1.807, 2.05) is 7.05 Å². The Morgan fingerprint density at radius 2 is 1.74 bits per heavy atom. The van der Waals surface area contributed by atoms with Crippen LogP contribution < -0.4 is 10.6 Å². The van der Waals surface area contributed by atoms with E-state index in [-0.39, 0.29) is 24.0 Å². The van der Waals surface area contributed by atoms with Gasteiger partial charge < -0.3 is 20.3 Å². The van der Waals surface area contributed by atoms with Crippen LogP contribution in [0.5, 0.6) is 0 Å². The first-order valence-corrected chi connectivity index (χ1v) is 11.0. The van der Waals surface area contributed by atoms with Crippen molar-refractivity contribution in [3.8, 4) is 0 Å². The monoisotopic (exact) mass is 488 g/mol. The number of hydrogen-bond donors (Lipinski definition) is 2. The van der Waals surface area contributed by atoms with Gasteiger partial charge in [-0.15, -0.1) is 24.0 Å². The fourth-order valence-corrected chi connectivity index (χ4v) is 7.15. The Balaban J connectivity index is 0.00000180. The van der Waals surface area contributed by atoms with E-state index in [1.54, 1.807) is 0 Å². The summed E-state index contributed by atoms with van der Waals surface area (Å²) in [4.78, 5) is 7.26. The molecule has 5 rings (SSSR count). The van der Waals surface area contributed by atoms with Gasteiger partial charge >= 0.3 is 0 Å². The standard InChI is InChI=1S/C21H36N4O.HI/c1-22-20(23-14-12-15-6-5-7-16(13-14)25(15)2)24-18-17-8-11-26-19(17)21(18)9-3-4-10-21;/h14-19H,3-13H2,1-2H3,(H2,22,23,24);1H. The maximum absolute atomic E-state index is 6.14. The molecule has 0 aromatic heterocycles. The summed E-state index contributed by atoms with van der Waals surface area (Å²) < 4.78 is 6.14. The van der Waals surface area contributed by atoms with Crippen molar-refractivity contribution in [1.29, 1.82) is 0 Å². The number of ether oxygens (including phenoxy) is 1. The highest BCUT2D eigenvalue weighted by molar-refractivity contribution is 14.0. The highest BCUT2D eigenvalue weighted by Gasteiger charge is 2.65. The Morgan fingerprint density at radius 1 is 1.04 bits per heavy atom. The zero-order valence-corrected chi connectivity index (χ0v) is 19.3. The molecule has 0 amide bonds. The average Bonchev–Trinajstić information content (AvgIpc) is 3.28. The Labute approximate surface area is 181 Å². The van der Waals surface area contributed by atoms with Crippen LogP contribution in [0.2, 0.25) is 0 Å². The van der Waals surface area contributed by atoms with Crippen LogP contribution in [-0.2, 0) is 4.74 Å². The summed E-state index contributed by atoms with van der Waals surface area (Å²) in [5.41, 5.74) is 0.391. The van der Waals surface area contributed by atoms with Crippen LogP contribution >= 0.6 is 24.0 Å². The molecule has 5 fully saturated rings. The molecule has 5 atom stereocenters. The maximum Gasteiger partial charge on any atom is 0.191 e. The molecule has 3 heterocycles. The first-order valence-electron chi connectivity index (χ1n) is 11.0. The topological polar surface area (TPSA) is 48.9 Å². The predicted molar refractivity (Wildman–Crippen MR) is 120 cm³/mol. The fraction of sp³-hybridized carbons (Fsp3) is 0.952. The van der Waals surface area contributed by atoms with Crippen molar-refractivity contribution in [2.45, 2.75) is 94.5 Å². The van der Waals surface area contributed by atoms with Gasteiger partial charge in [0.25, 0.3) is 0 Å². The van der Waals surface area contributed by atoms with Crippen LogP contribution in [0.15, 0.2) is 4.99 Å². The third kappa shape index (κ3) is 3.31. The molecule has 6 heteroatoms. The van der Waals surface area contributed by atoms with Crippen molar-refractivity contribution >= 4 is 29.9 Å². The maximum atomic E-state index is 6.14. The Kier molecular flexibility index (Phi) is 5.97. The lowest BCUT2D eigenvalue weighted by molar-refractivity contribution is -0.125. The highest BCUT2D eigenvalue weighted by atomic mass is 127. The number of hydrogen-bond acceptors (Lipinski definition) is 3. The van der Waals surface area contributed by atoms with Gasteiger partial charge in [0.1, 0.15) is 0 Å². The molecule has 5 aliphatic rings. The molecule has 5 unspecified atom stereocenters. The van der Waals surface area contributed by atoms with Crippen LogP contribution in [0.3, 0.4) is 0 Å². The zero-order valence-electron chi connectivity index (χ0n) is 17.0. The molecule has 3 saturated heterocycles. The smallest absolute Gasteiger partial charge is 0.191 e. The van der Waals surface area contributed by atoms with Gasteiger partial charge in [-0.25, -0.2) is 0 Å². The van der Waals surface area contributed by atoms with Gasteiger partial charge in [0, 0.05) is 49.2 Å². The largest absolute Gasteiger partial charge is 0.377 e. The third-order valence-electron chi connectivity index (χ3n) is 8.48. The third-order valence-corrected chi connectivity index (χ3v) is 8.48. The number of guanidine groups is 1. The number of halogens is 1. The molecule has 0 radical (unpaired) electrons. The van der Waals surface area contributed by atoms with Crippen molar-refractivity contribution in [2.24, 2.45) is 16.3 Å². The summed E-state index contributed by atoms with van der Waals surface area (Å²) in [6.45, 7) is 0.958. The van der Waals surface area contributed by atoms with Crippen molar-refractivity contribution in [3.05, 3.63) is 0 Å². The minimum atomic E-state index is 0. The van der Waals surface area contributed by atoms with E-state index in [0.717, 1.165) is 24.7 Å². The summed E-state index contributed by atoms with van der Waals surface area (Å²) in [5.74, 6) is 1.74. The van der Waals surface area contributed by atoms with Gasteiger partial charge in [-0.05, 0) is 52.0 Å². The molecule has 154 valence electrons. The lowest BCUT2D eigenvalue weighted by Gasteiger charge is -2.57. The van der Waals surface area contributed by atoms with E-state index in [0.29, 0.717) is 29.5 Å². The van der Waals surface area contributed by atoms with Gasteiger partial charge in [0.05, 0.1) is 6.10 Å².